The van der Waals surface area contributed by atoms with Crippen LogP contribution in [0.5, 0.6) is 6.08 Å². The number of aromatic nitrogens is 1. The average molecular weight is 690 g/mol. The first kappa shape index (κ1) is 33.3. The van der Waals surface area contributed by atoms with Crippen LogP contribution in [0.4, 0.5) is 0 Å². The number of fused-ring (bicyclic) bond motifs is 3. The zero-order valence-electron chi connectivity index (χ0n) is 27.6. The number of sulfonamides is 1. The van der Waals surface area contributed by atoms with E-state index < -0.39 is 50.3 Å². The Bertz CT molecular complexity index is 1820. The van der Waals surface area contributed by atoms with Gasteiger partial charge in [-0.2, -0.15) is 4.98 Å². The SMILES string of the molecule is CC1(S(=O)(=O)NC(=O)[C@@]23C[C@H]2/C=C\CCCCC[C@H](NCc2ccccc2)C(=O)N2C[C@H](Oc4nc5ccccc5o4)C[C@H]2C(=O)N3)CC1. The van der Waals surface area contributed by atoms with Gasteiger partial charge in [-0.25, -0.2) is 8.42 Å². The zero-order chi connectivity index (χ0) is 34.2. The normalized spacial score (nSPS) is 29.1. The van der Waals surface area contributed by atoms with Gasteiger partial charge in [-0.3, -0.25) is 19.1 Å². The maximum Gasteiger partial charge on any atom is 0.394 e. The van der Waals surface area contributed by atoms with E-state index in [0.717, 1.165) is 31.2 Å². The van der Waals surface area contributed by atoms with E-state index in [1.54, 1.807) is 19.1 Å². The van der Waals surface area contributed by atoms with Crippen LogP contribution in [-0.4, -0.2) is 71.0 Å². The summed E-state index contributed by atoms with van der Waals surface area (Å²) in [6, 6.07) is 15.6. The second kappa shape index (κ2) is 13.2. The average Bonchev–Trinajstić information content (AvgIpc) is 3.89. The molecule has 0 radical (unpaired) electrons. The number of hydrogen-bond donors (Lipinski definition) is 3. The molecule has 260 valence electrons. The summed E-state index contributed by atoms with van der Waals surface area (Å²) >= 11 is 0. The first-order chi connectivity index (χ1) is 23.6. The molecule has 3 heterocycles. The number of carbonyl (C=O) groups excluding carboxylic acids is 3. The highest BCUT2D eigenvalue weighted by Gasteiger charge is 2.63. The number of benzene rings is 2. The number of rotatable bonds is 8. The number of nitrogens with zero attached hydrogens (tertiary/aromatic N) is 2. The molecule has 2 aromatic carbocycles. The molecule has 1 aromatic heterocycles. The molecule has 13 heteroatoms. The molecule has 2 saturated carbocycles. The van der Waals surface area contributed by atoms with Crippen molar-refractivity contribution >= 4 is 38.8 Å². The second-order valence-corrected chi connectivity index (χ2v) is 16.3. The Morgan fingerprint density at radius 1 is 1.08 bits per heavy atom. The lowest BCUT2D eigenvalue weighted by Gasteiger charge is -2.30. The summed E-state index contributed by atoms with van der Waals surface area (Å²) in [4.78, 5) is 48.3. The van der Waals surface area contributed by atoms with E-state index in [2.05, 4.69) is 20.3 Å². The van der Waals surface area contributed by atoms with Crippen LogP contribution < -0.4 is 20.1 Å². The molecule has 0 spiro atoms. The lowest BCUT2D eigenvalue weighted by Crippen LogP contribution is -2.58. The van der Waals surface area contributed by atoms with Crippen molar-refractivity contribution in [1.82, 2.24) is 25.2 Å². The van der Waals surface area contributed by atoms with Crippen molar-refractivity contribution in [3.05, 3.63) is 72.3 Å². The monoisotopic (exact) mass is 689 g/mol. The van der Waals surface area contributed by atoms with Gasteiger partial charge in [0.2, 0.25) is 21.8 Å². The number of oxazole rings is 1. The Labute approximate surface area is 286 Å². The van der Waals surface area contributed by atoms with Crippen molar-refractivity contribution in [2.45, 2.75) is 99.7 Å². The quantitative estimate of drug-likeness (QED) is 0.300. The maximum atomic E-state index is 14.4. The van der Waals surface area contributed by atoms with Crippen molar-refractivity contribution in [2.24, 2.45) is 5.92 Å². The predicted octanol–water partition coefficient (Wildman–Crippen LogP) is 3.73. The minimum absolute atomic E-state index is 0.0440. The lowest BCUT2D eigenvalue weighted by atomic mass is 10.0. The molecule has 2 aliphatic heterocycles. The van der Waals surface area contributed by atoms with Crippen molar-refractivity contribution in [3.8, 4) is 6.08 Å². The van der Waals surface area contributed by atoms with E-state index in [0.29, 0.717) is 36.9 Å². The van der Waals surface area contributed by atoms with Crippen LogP contribution in [0.1, 0.15) is 70.3 Å². The van der Waals surface area contributed by atoms with Crippen molar-refractivity contribution in [3.63, 3.8) is 0 Å². The number of para-hydroxylation sites is 2. The fraction of sp³-hybridized carbons (Fsp3) is 0.500. The van der Waals surface area contributed by atoms with Gasteiger partial charge in [0, 0.05) is 18.9 Å². The van der Waals surface area contributed by atoms with Gasteiger partial charge in [-0.15, -0.1) is 0 Å². The number of nitrogens with one attached hydrogen (secondary N) is 3. The Kier molecular flexibility index (Phi) is 8.99. The highest BCUT2D eigenvalue weighted by atomic mass is 32.2. The molecule has 5 atom stereocenters. The third-order valence-corrected chi connectivity index (χ3v) is 12.6. The van der Waals surface area contributed by atoms with Crippen molar-refractivity contribution < 1.29 is 32.0 Å². The van der Waals surface area contributed by atoms with Crippen LogP contribution in [0.2, 0.25) is 0 Å². The minimum atomic E-state index is -3.93. The van der Waals surface area contributed by atoms with Gasteiger partial charge in [0.05, 0.1) is 17.3 Å². The van der Waals surface area contributed by atoms with Gasteiger partial charge in [0.15, 0.2) is 5.58 Å². The number of amides is 3. The van der Waals surface area contributed by atoms with Crippen LogP contribution in [0.25, 0.3) is 11.1 Å². The van der Waals surface area contributed by atoms with E-state index in [9.17, 15) is 22.8 Å². The first-order valence-corrected chi connectivity index (χ1v) is 18.7. The van der Waals surface area contributed by atoms with Crippen LogP contribution in [0, 0.1) is 5.92 Å². The second-order valence-electron chi connectivity index (χ2n) is 14.1. The number of carbonyl (C=O) groups is 3. The van der Waals surface area contributed by atoms with E-state index in [1.165, 1.54) is 4.90 Å². The molecule has 12 nitrogen and oxygen atoms in total. The van der Waals surface area contributed by atoms with E-state index in [1.807, 2.05) is 54.6 Å². The molecule has 0 unspecified atom stereocenters. The van der Waals surface area contributed by atoms with Crippen molar-refractivity contribution in [2.75, 3.05) is 6.54 Å². The summed E-state index contributed by atoms with van der Waals surface area (Å²) < 4.78 is 39.4. The Hall–Kier alpha value is -4.23. The predicted molar refractivity (Wildman–Crippen MR) is 182 cm³/mol. The molecule has 3 fully saturated rings. The Morgan fingerprint density at radius 3 is 2.63 bits per heavy atom. The van der Waals surface area contributed by atoms with Gasteiger partial charge >= 0.3 is 6.08 Å². The molecule has 0 bridgehead atoms. The third-order valence-electron chi connectivity index (χ3n) is 10.4. The topological polar surface area (TPSA) is 160 Å². The molecule has 3 N–H and O–H groups in total. The largest absolute Gasteiger partial charge is 0.445 e. The minimum Gasteiger partial charge on any atom is -0.445 e. The summed E-state index contributed by atoms with van der Waals surface area (Å²) in [6.45, 7) is 2.20. The molecule has 2 aliphatic carbocycles. The van der Waals surface area contributed by atoms with Crippen LogP contribution in [0.3, 0.4) is 0 Å². The third kappa shape index (κ3) is 6.96. The van der Waals surface area contributed by atoms with Gasteiger partial charge < -0.3 is 24.7 Å². The van der Waals surface area contributed by atoms with Gasteiger partial charge in [-0.05, 0) is 63.1 Å². The van der Waals surface area contributed by atoms with Gasteiger partial charge in [0.1, 0.15) is 23.2 Å². The highest BCUT2D eigenvalue weighted by Crippen LogP contribution is 2.47. The maximum absolute atomic E-state index is 14.4. The molecule has 7 rings (SSSR count). The summed E-state index contributed by atoms with van der Waals surface area (Å²) in [5, 5.41) is 6.36. The fourth-order valence-electron chi connectivity index (χ4n) is 6.88. The molecule has 1 saturated heterocycles. The van der Waals surface area contributed by atoms with E-state index in [-0.39, 0.29) is 37.3 Å². The molecule has 3 aromatic rings. The smallest absolute Gasteiger partial charge is 0.394 e. The summed E-state index contributed by atoms with van der Waals surface area (Å²) in [7, 11) is -3.93. The molecule has 49 heavy (non-hydrogen) atoms. The van der Waals surface area contributed by atoms with Gasteiger partial charge in [-0.1, -0.05) is 67.5 Å². The summed E-state index contributed by atoms with van der Waals surface area (Å²) in [6.07, 6.45) is 8.65. The standard InChI is InChI=1S/C36H43N5O7S/c1-35(18-19-35)49(45,46)40-33(44)36-21-25(36)14-8-3-2-4-9-16-28(37-22-24-12-6-5-7-13-24)32(43)41-23-26(20-29(41)31(42)39-36)47-34-38-27-15-10-11-17-30(27)48-34/h5-8,10-15,17,25-26,28-29,37H,2-4,9,16,18-23H2,1H3,(H,39,42)(H,40,44)/b14-8-/t25-,26-,28+,29+,36-/m1/s1. The zero-order valence-corrected chi connectivity index (χ0v) is 28.4. The fourth-order valence-corrected chi connectivity index (χ4v) is 8.20. The molecular weight excluding hydrogens is 646 g/mol. The van der Waals surface area contributed by atoms with Crippen LogP contribution in [-0.2, 0) is 31.0 Å². The molecular formula is C36H43N5O7S. The summed E-state index contributed by atoms with van der Waals surface area (Å²) in [5.74, 6) is -1.88. The number of allylic oxidation sites excluding steroid dienone is 1. The van der Waals surface area contributed by atoms with Crippen molar-refractivity contribution in [1.29, 1.82) is 0 Å². The number of hydrogen-bond acceptors (Lipinski definition) is 9. The van der Waals surface area contributed by atoms with E-state index in [4.69, 9.17) is 9.15 Å². The lowest BCUT2D eigenvalue weighted by molar-refractivity contribution is -0.141. The summed E-state index contributed by atoms with van der Waals surface area (Å²) in [5.41, 5.74) is 0.776. The van der Waals surface area contributed by atoms with E-state index >= 15 is 0 Å². The number of ether oxygens (including phenoxy) is 1. The highest BCUT2D eigenvalue weighted by molar-refractivity contribution is 7.91. The van der Waals surface area contributed by atoms with Crippen LogP contribution >= 0.6 is 0 Å². The van der Waals surface area contributed by atoms with Crippen LogP contribution in [0.15, 0.2) is 71.2 Å². The Balaban J connectivity index is 1.16. The molecule has 4 aliphatic rings. The Morgan fingerprint density at radius 2 is 1.86 bits per heavy atom. The molecule has 3 amide bonds. The van der Waals surface area contributed by atoms with Gasteiger partial charge in [0.25, 0.3) is 5.91 Å². The first-order valence-electron chi connectivity index (χ1n) is 17.2.